The lowest BCUT2D eigenvalue weighted by Crippen LogP contribution is -2.03. The van der Waals surface area contributed by atoms with E-state index in [1.54, 1.807) is 30.2 Å². The van der Waals surface area contributed by atoms with Gasteiger partial charge in [0.2, 0.25) is 11.7 Å². The number of aryl methyl sites for hydroxylation is 1. The van der Waals surface area contributed by atoms with Gasteiger partial charge in [0.1, 0.15) is 5.82 Å². The van der Waals surface area contributed by atoms with Crippen LogP contribution in [0.5, 0.6) is 0 Å². The van der Waals surface area contributed by atoms with Crippen LogP contribution >= 0.6 is 0 Å². The number of hydrogen-bond acceptors (Lipinski definition) is 4. The van der Waals surface area contributed by atoms with Crippen molar-refractivity contribution in [2.24, 2.45) is 0 Å². The number of nitrogens with zero attached hydrogens (tertiary/aromatic N) is 2. The fourth-order valence-corrected chi connectivity index (χ4v) is 1.66. The van der Waals surface area contributed by atoms with Crippen LogP contribution in [0.2, 0.25) is 0 Å². The van der Waals surface area contributed by atoms with Gasteiger partial charge in [-0.3, -0.25) is 4.79 Å². The normalized spacial score (nSPS) is 11.0. The second-order valence-corrected chi connectivity index (χ2v) is 4.59. The summed E-state index contributed by atoms with van der Waals surface area (Å²) in [6.45, 7) is 1.68. The molecule has 0 aliphatic heterocycles. The molecule has 0 bridgehead atoms. The van der Waals surface area contributed by atoms with Crippen molar-refractivity contribution in [2.45, 2.75) is 6.92 Å². The Balaban J connectivity index is 2.32. The molecule has 0 spiro atoms. The molecular weight excluding hydrogens is 259 g/mol. The number of allylic oxidation sites excluding steroid dienone is 1. The van der Waals surface area contributed by atoms with E-state index >= 15 is 0 Å². The molecule has 0 amide bonds. The largest absolute Gasteiger partial charge is 0.432 e. The average molecular weight is 274 g/mol. The van der Waals surface area contributed by atoms with E-state index in [1.165, 1.54) is 18.2 Å². The fraction of sp³-hybridized carbons (Fsp3) is 0.200. The Kier molecular flexibility index (Phi) is 3.98. The van der Waals surface area contributed by atoms with E-state index in [9.17, 15) is 9.18 Å². The molecule has 1 aromatic heterocycles. The van der Waals surface area contributed by atoms with Crippen molar-refractivity contribution in [3.05, 3.63) is 53.8 Å². The summed E-state index contributed by atoms with van der Waals surface area (Å²) in [5, 5.41) is 0. The van der Waals surface area contributed by atoms with Crippen molar-refractivity contribution < 1.29 is 13.6 Å². The van der Waals surface area contributed by atoms with Crippen LogP contribution in [0.15, 0.2) is 41.0 Å². The van der Waals surface area contributed by atoms with Crippen LogP contribution in [-0.2, 0) is 0 Å². The predicted octanol–water partition coefficient (Wildman–Crippen LogP) is 3.05. The van der Waals surface area contributed by atoms with Gasteiger partial charge in [0.05, 0.1) is 5.69 Å². The van der Waals surface area contributed by atoms with E-state index in [0.717, 1.165) is 0 Å². The topological polar surface area (TPSA) is 46.3 Å². The zero-order chi connectivity index (χ0) is 14.7. The van der Waals surface area contributed by atoms with E-state index < -0.39 is 0 Å². The highest BCUT2D eigenvalue weighted by molar-refractivity contribution is 6.03. The molecule has 0 radical (unpaired) electrons. The summed E-state index contributed by atoms with van der Waals surface area (Å²) in [6.07, 6.45) is 3.04. The van der Waals surface area contributed by atoms with Crippen LogP contribution in [0.1, 0.15) is 16.2 Å². The lowest BCUT2D eigenvalue weighted by atomic mass is 10.2. The van der Waals surface area contributed by atoms with Crippen LogP contribution in [0.4, 0.5) is 4.39 Å². The first kappa shape index (κ1) is 14.0. The molecule has 0 N–H and O–H groups in total. The lowest BCUT2D eigenvalue weighted by Gasteiger charge is -2.01. The van der Waals surface area contributed by atoms with Crippen LogP contribution < -0.4 is 0 Å². The Labute approximate surface area is 116 Å². The van der Waals surface area contributed by atoms with E-state index in [-0.39, 0.29) is 23.3 Å². The van der Waals surface area contributed by atoms with Crippen molar-refractivity contribution in [3.63, 3.8) is 0 Å². The van der Waals surface area contributed by atoms with Gasteiger partial charge in [-0.15, -0.1) is 0 Å². The van der Waals surface area contributed by atoms with Crippen molar-refractivity contribution in [2.75, 3.05) is 14.1 Å². The summed E-state index contributed by atoms with van der Waals surface area (Å²) in [5.74, 6) is -0.240. The van der Waals surface area contributed by atoms with Gasteiger partial charge in [0.15, 0.2) is 5.76 Å². The zero-order valence-corrected chi connectivity index (χ0v) is 11.6. The maximum Gasteiger partial charge on any atom is 0.227 e. The van der Waals surface area contributed by atoms with Crippen molar-refractivity contribution >= 4 is 5.78 Å². The molecule has 0 saturated heterocycles. The average Bonchev–Trinajstić information content (AvgIpc) is 2.78. The van der Waals surface area contributed by atoms with E-state index in [4.69, 9.17) is 4.42 Å². The third-order valence-corrected chi connectivity index (χ3v) is 2.62. The van der Waals surface area contributed by atoms with Gasteiger partial charge in [-0.1, -0.05) is 6.07 Å². The van der Waals surface area contributed by atoms with Crippen molar-refractivity contribution in [1.82, 2.24) is 9.88 Å². The third kappa shape index (κ3) is 3.12. The van der Waals surface area contributed by atoms with Gasteiger partial charge in [0, 0.05) is 31.9 Å². The Bertz CT molecular complexity index is 660. The highest BCUT2D eigenvalue weighted by Gasteiger charge is 2.16. The second kappa shape index (κ2) is 5.69. The minimum atomic E-state index is -0.376. The monoisotopic (exact) mass is 274 g/mol. The number of benzene rings is 1. The summed E-state index contributed by atoms with van der Waals surface area (Å²) in [5.41, 5.74) is 0.987. The van der Waals surface area contributed by atoms with Gasteiger partial charge >= 0.3 is 0 Å². The summed E-state index contributed by atoms with van der Waals surface area (Å²) in [7, 11) is 3.63. The maximum absolute atomic E-state index is 13.2. The summed E-state index contributed by atoms with van der Waals surface area (Å²) >= 11 is 0. The molecule has 2 aromatic rings. The van der Waals surface area contributed by atoms with E-state index in [0.29, 0.717) is 11.3 Å². The zero-order valence-electron chi connectivity index (χ0n) is 11.6. The number of halogens is 1. The van der Waals surface area contributed by atoms with Gasteiger partial charge in [-0.2, -0.15) is 0 Å². The molecule has 0 aliphatic rings. The SMILES string of the molecule is Cc1nc(-c2cccc(F)c2)oc1C(=O)/C=C/N(C)C. The molecule has 0 atom stereocenters. The quantitative estimate of drug-likeness (QED) is 0.635. The van der Waals surface area contributed by atoms with Gasteiger partial charge < -0.3 is 9.32 Å². The predicted molar refractivity (Wildman–Crippen MR) is 73.8 cm³/mol. The first-order chi connectivity index (χ1) is 9.47. The molecule has 4 nitrogen and oxygen atoms in total. The van der Waals surface area contributed by atoms with E-state index in [1.807, 2.05) is 14.1 Å². The van der Waals surface area contributed by atoms with Gasteiger partial charge in [0.25, 0.3) is 0 Å². The lowest BCUT2D eigenvalue weighted by molar-refractivity contribution is 0.102. The molecule has 20 heavy (non-hydrogen) atoms. The molecular formula is C15H15FN2O2. The number of carbonyl (C=O) groups is 1. The summed E-state index contributed by atoms with van der Waals surface area (Å²) in [4.78, 5) is 17.9. The Hall–Kier alpha value is -2.43. The summed E-state index contributed by atoms with van der Waals surface area (Å²) < 4.78 is 18.6. The number of ketones is 1. The minimum Gasteiger partial charge on any atom is -0.432 e. The fourth-order valence-electron chi connectivity index (χ4n) is 1.66. The van der Waals surface area contributed by atoms with E-state index in [2.05, 4.69) is 4.98 Å². The first-order valence-corrected chi connectivity index (χ1v) is 6.09. The number of hydrogen-bond donors (Lipinski definition) is 0. The number of aromatic nitrogens is 1. The molecule has 0 unspecified atom stereocenters. The number of carbonyl (C=O) groups excluding carboxylic acids is 1. The summed E-state index contributed by atoms with van der Waals surface area (Å²) in [6, 6.07) is 5.90. The number of rotatable bonds is 4. The Morgan fingerprint density at radius 2 is 2.15 bits per heavy atom. The Morgan fingerprint density at radius 1 is 1.40 bits per heavy atom. The van der Waals surface area contributed by atoms with Crippen LogP contribution in [-0.4, -0.2) is 29.8 Å². The molecule has 5 heteroatoms. The van der Waals surface area contributed by atoms with Crippen LogP contribution in [0.3, 0.4) is 0 Å². The molecule has 1 heterocycles. The number of oxazole rings is 1. The molecule has 0 fully saturated rings. The maximum atomic E-state index is 13.2. The first-order valence-electron chi connectivity index (χ1n) is 6.09. The standard InChI is InChI=1S/C15H15FN2O2/c1-10-14(13(19)7-8-18(2)3)20-15(17-10)11-5-4-6-12(16)9-11/h4-9H,1-3H3/b8-7+. The molecule has 104 valence electrons. The Morgan fingerprint density at radius 3 is 2.80 bits per heavy atom. The van der Waals surface area contributed by atoms with Crippen molar-refractivity contribution in [1.29, 1.82) is 0 Å². The smallest absolute Gasteiger partial charge is 0.227 e. The van der Waals surface area contributed by atoms with Crippen LogP contribution in [0.25, 0.3) is 11.5 Å². The molecule has 0 aliphatic carbocycles. The molecule has 0 saturated carbocycles. The van der Waals surface area contributed by atoms with Gasteiger partial charge in [-0.05, 0) is 25.1 Å². The third-order valence-electron chi connectivity index (χ3n) is 2.62. The van der Waals surface area contributed by atoms with Gasteiger partial charge in [-0.25, -0.2) is 9.37 Å². The second-order valence-electron chi connectivity index (χ2n) is 4.59. The van der Waals surface area contributed by atoms with Crippen molar-refractivity contribution in [3.8, 4) is 11.5 Å². The highest BCUT2D eigenvalue weighted by atomic mass is 19.1. The highest BCUT2D eigenvalue weighted by Crippen LogP contribution is 2.22. The van der Waals surface area contributed by atoms with Crippen LogP contribution in [0, 0.1) is 12.7 Å². The molecule has 1 aromatic carbocycles. The molecule has 2 rings (SSSR count). The minimum absolute atomic E-state index is 0.169.